The Morgan fingerprint density at radius 1 is 1.33 bits per heavy atom. The van der Waals surface area contributed by atoms with Crippen LogP contribution in [0.15, 0.2) is 22.7 Å². The molecule has 0 atom stereocenters. The molecule has 0 bridgehead atoms. The number of rotatable bonds is 2. The molecular weight excluding hydrogens is 290 g/mol. The molecule has 1 aromatic carbocycles. The maximum atomic E-state index is 9.05. The van der Waals surface area contributed by atoms with Crippen molar-refractivity contribution in [2.24, 2.45) is 0 Å². The van der Waals surface area contributed by atoms with E-state index in [1.165, 1.54) is 12.8 Å². The fourth-order valence-corrected chi connectivity index (χ4v) is 2.77. The molecule has 1 aliphatic heterocycles. The van der Waals surface area contributed by atoms with E-state index >= 15 is 0 Å². The summed E-state index contributed by atoms with van der Waals surface area (Å²) in [6.45, 7) is 2.13. The quantitative estimate of drug-likeness (QED) is 0.841. The second kappa shape index (κ2) is 5.73. The smallest absolute Gasteiger partial charge is 0.100 e. The predicted molar refractivity (Wildman–Crippen MR) is 77.8 cm³/mol. The SMILES string of the molecule is CN(C)C1CCN(c2ccc(Br)c(C#N)c2)CC1. The Labute approximate surface area is 117 Å². The number of hydrogen-bond donors (Lipinski definition) is 0. The van der Waals surface area contributed by atoms with Gasteiger partial charge in [0, 0.05) is 29.3 Å². The van der Waals surface area contributed by atoms with Crippen LogP contribution >= 0.6 is 15.9 Å². The van der Waals surface area contributed by atoms with E-state index in [1.54, 1.807) is 0 Å². The molecule has 1 fully saturated rings. The minimum Gasteiger partial charge on any atom is -0.371 e. The van der Waals surface area contributed by atoms with Crippen LogP contribution in [-0.2, 0) is 0 Å². The molecule has 1 saturated heterocycles. The molecule has 0 aliphatic carbocycles. The molecule has 2 rings (SSSR count). The van der Waals surface area contributed by atoms with Crippen molar-refractivity contribution in [2.45, 2.75) is 18.9 Å². The average Bonchev–Trinajstić information content (AvgIpc) is 2.39. The van der Waals surface area contributed by atoms with E-state index < -0.39 is 0 Å². The Bertz CT molecular complexity index is 457. The molecule has 0 amide bonds. The Hall–Kier alpha value is -1.05. The van der Waals surface area contributed by atoms with Crippen LogP contribution in [0, 0.1) is 11.3 Å². The van der Waals surface area contributed by atoms with Crippen molar-refractivity contribution in [1.29, 1.82) is 5.26 Å². The van der Waals surface area contributed by atoms with E-state index in [2.05, 4.69) is 52.0 Å². The molecule has 1 aliphatic rings. The van der Waals surface area contributed by atoms with Gasteiger partial charge in [-0.15, -0.1) is 0 Å². The summed E-state index contributed by atoms with van der Waals surface area (Å²) >= 11 is 3.40. The fourth-order valence-electron chi connectivity index (χ4n) is 2.44. The van der Waals surface area contributed by atoms with Crippen molar-refractivity contribution in [3.05, 3.63) is 28.2 Å². The predicted octanol–water partition coefficient (Wildman–Crippen LogP) is 2.85. The zero-order valence-electron chi connectivity index (χ0n) is 10.9. The molecule has 96 valence electrons. The Morgan fingerprint density at radius 3 is 2.56 bits per heavy atom. The number of nitrogens with zero attached hydrogens (tertiary/aromatic N) is 3. The largest absolute Gasteiger partial charge is 0.371 e. The van der Waals surface area contributed by atoms with Crippen LogP contribution in [0.2, 0.25) is 0 Å². The van der Waals surface area contributed by atoms with Crippen molar-refractivity contribution in [1.82, 2.24) is 4.90 Å². The zero-order chi connectivity index (χ0) is 13.1. The first-order chi connectivity index (χ1) is 8.61. The molecule has 0 spiro atoms. The van der Waals surface area contributed by atoms with Gasteiger partial charge in [-0.2, -0.15) is 5.26 Å². The van der Waals surface area contributed by atoms with Gasteiger partial charge in [-0.1, -0.05) is 0 Å². The van der Waals surface area contributed by atoms with E-state index in [1.807, 2.05) is 12.1 Å². The van der Waals surface area contributed by atoms with Crippen molar-refractivity contribution >= 4 is 21.6 Å². The lowest BCUT2D eigenvalue weighted by atomic mass is 10.0. The van der Waals surface area contributed by atoms with Crippen molar-refractivity contribution < 1.29 is 0 Å². The summed E-state index contributed by atoms with van der Waals surface area (Å²) in [6.07, 6.45) is 2.37. The first-order valence-electron chi connectivity index (χ1n) is 6.23. The van der Waals surface area contributed by atoms with Gasteiger partial charge in [0.1, 0.15) is 6.07 Å². The van der Waals surface area contributed by atoms with Crippen molar-refractivity contribution in [2.75, 3.05) is 32.1 Å². The lowest BCUT2D eigenvalue weighted by molar-refractivity contribution is 0.249. The van der Waals surface area contributed by atoms with Crippen LogP contribution in [0.25, 0.3) is 0 Å². The van der Waals surface area contributed by atoms with Crippen LogP contribution in [0.1, 0.15) is 18.4 Å². The highest BCUT2D eigenvalue weighted by Gasteiger charge is 2.21. The zero-order valence-corrected chi connectivity index (χ0v) is 12.4. The van der Waals surface area contributed by atoms with E-state index in [9.17, 15) is 0 Å². The summed E-state index contributed by atoms with van der Waals surface area (Å²) in [5.41, 5.74) is 1.87. The summed E-state index contributed by atoms with van der Waals surface area (Å²) in [5, 5.41) is 9.05. The van der Waals surface area contributed by atoms with E-state index in [4.69, 9.17) is 5.26 Å². The van der Waals surface area contributed by atoms with E-state index in [0.717, 1.165) is 23.2 Å². The summed E-state index contributed by atoms with van der Waals surface area (Å²) in [6, 6.07) is 8.93. The summed E-state index contributed by atoms with van der Waals surface area (Å²) in [7, 11) is 4.29. The van der Waals surface area contributed by atoms with Crippen LogP contribution < -0.4 is 4.90 Å². The first-order valence-corrected chi connectivity index (χ1v) is 7.02. The van der Waals surface area contributed by atoms with Gasteiger partial charge < -0.3 is 9.80 Å². The summed E-state index contributed by atoms with van der Waals surface area (Å²) in [5.74, 6) is 0. The van der Waals surface area contributed by atoms with Gasteiger partial charge in [0.25, 0.3) is 0 Å². The standard InChI is InChI=1S/C14H18BrN3/c1-17(2)12-5-7-18(8-6-12)13-3-4-14(15)11(9-13)10-16/h3-4,9,12H,5-8H2,1-2H3. The van der Waals surface area contributed by atoms with Crippen LogP contribution in [0.4, 0.5) is 5.69 Å². The molecule has 4 heteroatoms. The van der Waals surface area contributed by atoms with Gasteiger partial charge in [0.05, 0.1) is 5.56 Å². The lowest BCUT2D eigenvalue weighted by Crippen LogP contribution is -2.42. The number of piperidine rings is 1. The molecule has 1 heterocycles. The van der Waals surface area contributed by atoms with Gasteiger partial charge in [0.15, 0.2) is 0 Å². The molecule has 0 aromatic heterocycles. The Balaban J connectivity index is 2.08. The maximum absolute atomic E-state index is 9.05. The first kappa shape index (κ1) is 13.4. The number of hydrogen-bond acceptors (Lipinski definition) is 3. The number of nitriles is 1. The monoisotopic (exact) mass is 307 g/mol. The highest BCUT2D eigenvalue weighted by molar-refractivity contribution is 9.10. The molecule has 0 unspecified atom stereocenters. The van der Waals surface area contributed by atoms with E-state index in [0.29, 0.717) is 11.6 Å². The second-order valence-electron chi connectivity index (χ2n) is 4.96. The maximum Gasteiger partial charge on any atom is 0.100 e. The number of benzene rings is 1. The normalized spacial score (nSPS) is 16.9. The van der Waals surface area contributed by atoms with Crippen molar-refractivity contribution in [3.63, 3.8) is 0 Å². The summed E-state index contributed by atoms with van der Waals surface area (Å²) < 4.78 is 0.872. The average molecular weight is 308 g/mol. The minimum atomic E-state index is 0.687. The van der Waals surface area contributed by atoms with Crippen LogP contribution in [-0.4, -0.2) is 38.1 Å². The van der Waals surface area contributed by atoms with Gasteiger partial charge in [0.2, 0.25) is 0 Å². The second-order valence-corrected chi connectivity index (χ2v) is 5.81. The highest BCUT2D eigenvalue weighted by Crippen LogP contribution is 2.26. The molecule has 0 N–H and O–H groups in total. The Kier molecular flexibility index (Phi) is 4.26. The third kappa shape index (κ3) is 2.85. The minimum absolute atomic E-state index is 0.687. The van der Waals surface area contributed by atoms with Gasteiger partial charge >= 0.3 is 0 Å². The molecule has 1 aromatic rings. The van der Waals surface area contributed by atoms with Gasteiger partial charge in [-0.05, 0) is 61.1 Å². The number of halogens is 1. The molecular formula is C14H18BrN3. The topological polar surface area (TPSA) is 30.3 Å². The van der Waals surface area contributed by atoms with E-state index in [-0.39, 0.29) is 0 Å². The van der Waals surface area contributed by atoms with Crippen molar-refractivity contribution in [3.8, 4) is 6.07 Å². The molecule has 0 radical (unpaired) electrons. The third-order valence-electron chi connectivity index (χ3n) is 3.63. The fraction of sp³-hybridized carbons (Fsp3) is 0.500. The third-order valence-corrected chi connectivity index (χ3v) is 4.32. The molecule has 3 nitrogen and oxygen atoms in total. The van der Waals surface area contributed by atoms with Gasteiger partial charge in [-0.25, -0.2) is 0 Å². The molecule has 18 heavy (non-hydrogen) atoms. The number of anilines is 1. The highest BCUT2D eigenvalue weighted by atomic mass is 79.9. The molecule has 0 saturated carbocycles. The summed E-state index contributed by atoms with van der Waals surface area (Å²) in [4.78, 5) is 4.67. The van der Waals surface area contributed by atoms with Gasteiger partial charge in [-0.3, -0.25) is 0 Å². The van der Waals surface area contributed by atoms with Crippen LogP contribution in [0.5, 0.6) is 0 Å². The Morgan fingerprint density at radius 2 is 2.00 bits per heavy atom. The van der Waals surface area contributed by atoms with Crippen LogP contribution in [0.3, 0.4) is 0 Å². The lowest BCUT2D eigenvalue weighted by Gasteiger charge is -2.36.